The van der Waals surface area contributed by atoms with Gasteiger partial charge in [0, 0.05) is 11.6 Å². The highest BCUT2D eigenvalue weighted by Crippen LogP contribution is 2.50. The lowest BCUT2D eigenvalue weighted by atomic mass is 9.77. The molecule has 2 N–H and O–H groups in total. The number of nitrogens with one attached hydrogen (secondary N) is 2. The molecule has 1 heterocycles. The third-order valence-electron chi connectivity index (χ3n) is 6.57. The van der Waals surface area contributed by atoms with Gasteiger partial charge in [0.05, 0.1) is 26.7 Å². The molecule has 0 radical (unpaired) electrons. The molecule has 33 heavy (non-hydrogen) atoms. The second-order valence-electron chi connectivity index (χ2n) is 8.82. The van der Waals surface area contributed by atoms with Crippen LogP contribution >= 0.6 is 23.2 Å². The number of fused-ring (bicyclic) bond motifs is 3. The number of hydrogen-bond acceptors (Lipinski definition) is 3. The number of rotatable bonds is 4. The van der Waals surface area contributed by atoms with Crippen LogP contribution in [0.3, 0.4) is 0 Å². The molecule has 3 aromatic rings. The highest BCUT2D eigenvalue weighted by molar-refractivity contribution is 7.92. The summed E-state index contributed by atoms with van der Waals surface area (Å²) in [5.41, 5.74) is 5.57. The van der Waals surface area contributed by atoms with Crippen molar-refractivity contribution >= 4 is 44.6 Å². The van der Waals surface area contributed by atoms with Crippen LogP contribution in [0.4, 0.5) is 11.4 Å². The monoisotopic (exact) mass is 498 g/mol. The molecule has 7 heteroatoms. The Bertz CT molecular complexity index is 1390. The van der Waals surface area contributed by atoms with Crippen molar-refractivity contribution in [3.8, 4) is 0 Å². The van der Waals surface area contributed by atoms with Crippen molar-refractivity contribution in [1.29, 1.82) is 0 Å². The van der Waals surface area contributed by atoms with Crippen LogP contribution in [0, 0.1) is 19.8 Å². The highest BCUT2D eigenvalue weighted by Gasteiger charge is 2.38. The third kappa shape index (κ3) is 4.14. The molecule has 1 aliphatic heterocycles. The second-order valence-corrected chi connectivity index (χ2v) is 11.3. The van der Waals surface area contributed by atoms with Crippen molar-refractivity contribution in [2.75, 3.05) is 10.0 Å². The van der Waals surface area contributed by atoms with E-state index in [1.807, 2.05) is 50.2 Å². The van der Waals surface area contributed by atoms with Crippen LogP contribution in [0.25, 0.3) is 0 Å². The molecule has 0 saturated heterocycles. The van der Waals surface area contributed by atoms with Gasteiger partial charge in [0.15, 0.2) is 0 Å². The van der Waals surface area contributed by atoms with Crippen LogP contribution in [0.2, 0.25) is 10.0 Å². The number of halogens is 2. The van der Waals surface area contributed by atoms with E-state index in [2.05, 4.69) is 22.2 Å². The van der Waals surface area contributed by atoms with Gasteiger partial charge >= 0.3 is 0 Å². The molecule has 2 aliphatic rings. The Hall–Kier alpha value is -2.47. The molecule has 1 aliphatic carbocycles. The molecule has 3 aromatic carbocycles. The summed E-state index contributed by atoms with van der Waals surface area (Å²) in [6.07, 6.45) is 5.26. The first kappa shape index (κ1) is 22.3. The third-order valence-corrected chi connectivity index (χ3v) is 8.68. The van der Waals surface area contributed by atoms with E-state index in [4.69, 9.17) is 23.2 Å². The summed E-state index contributed by atoms with van der Waals surface area (Å²) in [7, 11) is -3.72. The molecule has 0 unspecified atom stereocenters. The first-order valence-electron chi connectivity index (χ1n) is 10.8. The number of sulfonamides is 1. The minimum Gasteiger partial charge on any atom is -0.378 e. The van der Waals surface area contributed by atoms with Gasteiger partial charge in [0.2, 0.25) is 0 Å². The maximum Gasteiger partial charge on any atom is 0.261 e. The zero-order chi connectivity index (χ0) is 23.3. The minimum absolute atomic E-state index is 0.0584. The zero-order valence-electron chi connectivity index (χ0n) is 18.3. The Morgan fingerprint density at radius 2 is 1.79 bits per heavy atom. The fourth-order valence-corrected chi connectivity index (χ4v) is 6.38. The Morgan fingerprint density at radius 1 is 0.970 bits per heavy atom. The van der Waals surface area contributed by atoms with E-state index in [0.717, 1.165) is 34.4 Å². The number of aryl methyl sites for hydroxylation is 2. The Balaban J connectivity index is 1.49. The number of hydrogen-bond donors (Lipinski definition) is 2. The normalized spacial score (nSPS) is 21.3. The molecule has 170 valence electrons. The molecule has 0 spiro atoms. The lowest BCUT2D eigenvalue weighted by molar-refractivity contribution is 0.425. The molecule has 0 saturated carbocycles. The van der Waals surface area contributed by atoms with Crippen LogP contribution in [0.15, 0.2) is 71.6 Å². The quantitative estimate of drug-likeness (QED) is 0.372. The highest BCUT2D eigenvalue weighted by atomic mass is 35.5. The number of anilines is 2. The van der Waals surface area contributed by atoms with Crippen molar-refractivity contribution in [2.24, 2.45) is 5.92 Å². The molecular formula is C26H24Cl2N2O2S. The van der Waals surface area contributed by atoms with Gasteiger partial charge in [-0.2, -0.15) is 0 Å². The average Bonchev–Trinajstić information content (AvgIpc) is 3.27. The predicted molar refractivity (Wildman–Crippen MR) is 136 cm³/mol. The van der Waals surface area contributed by atoms with Crippen molar-refractivity contribution in [3.05, 3.63) is 99.0 Å². The summed E-state index contributed by atoms with van der Waals surface area (Å²) in [5, 5.41) is 4.68. The van der Waals surface area contributed by atoms with Crippen LogP contribution in [0.1, 0.15) is 40.6 Å². The van der Waals surface area contributed by atoms with Crippen LogP contribution in [-0.2, 0) is 10.0 Å². The topological polar surface area (TPSA) is 58.2 Å². The molecule has 0 aromatic heterocycles. The van der Waals surface area contributed by atoms with Gasteiger partial charge < -0.3 is 5.32 Å². The van der Waals surface area contributed by atoms with Crippen LogP contribution in [0.5, 0.6) is 0 Å². The van der Waals surface area contributed by atoms with Gasteiger partial charge in [-0.15, -0.1) is 0 Å². The number of allylic oxidation sites excluding steroid dienone is 2. The summed E-state index contributed by atoms with van der Waals surface area (Å²) in [4.78, 5) is 0.259. The predicted octanol–water partition coefficient (Wildman–Crippen LogP) is 7.24. The number of benzene rings is 3. The van der Waals surface area contributed by atoms with Crippen molar-refractivity contribution in [2.45, 2.75) is 37.1 Å². The average molecular weight is 499 g/mol. The Labute approximate surface area is 204 Å². The van der Waals surface area contributed by atoms with E-state index in [9.17, 15) is 8.42 Å². The maximum atomic E-state index is 13.2. The van der Waals surface area contributed by atoms with E-state index < -0.39 is 10.0 Å². The van der Waals surface area contributed by atoms with Gasteiger partial charge in [-0.05, 0) is 79.3 Å². The van der Waals surface area contributed by atoms with E-state index in [0.29, 0.717) is 15.7 Å². The standard InChI is InChI=1S/C26H24Cl2N2O2S/c1-15-6-10-24(16(2)12-15)30-33(31,32)18-8-11-25-21(14-18)19-4-3-5-20(19)26(29-25)17-7-9-22(27)23(28)13-17/h3-4,6-14,19-20,26,29-30H,5H2,1-2H3/t19-,20-,26-/m1/s1. The fourth-order valence-electron chi connectivity index (χ4n) is 4.91. The van der Waals surface area contributed by atoms with Gasteiger partial charge in [-0.25, -0.2) is 8.42 Å². The van der Waals surface area contributed by atoms with Crippen molar-refractivity contribution < 1.29 is 8.42 Å². The van der Waals surface area contributed by atoms with Gasteiger partial charge in [-0.1, -0.05) is 59.1 Å². The minimum atomic E-state index is -3.72. The van der Waals surface area contributed by atoms with Crippen molar-refractivity contribution in [3.63, 3.8) is 0 Å². The van der Waals surface area contributed by atoms with Gasteiger partial charge in [0.25, 0.3) is 10.0 Å². The van der Waals surface area contributed by atoms with E-state index in [-0.39, 0.29) is 22.8 Å². The van der Waals surface area contributed by atoms with E-state index in [1.165, 1.54) is 0 Å². The maximum absolute atomic E-state index is 13.2. The lowest BCUT2D eigenvalue weighted by Crippen LogP contribution is -2.29. The SMILES string of the molecule is Cc1ccc(NS(=O)(=O)c2ccc3c(c2)[C@@H]2C=CC[C@H]2[C@@H](c2ccc(Cl)c(Cl)c2)N3)c(C)c1. The molecular weight excluding hydrogens is 475 g/mol. The molecule has 4 nitrogen and oxygen atoms in total. The summed E-state index contributed by atoms with van der Waals surface area (Å²) in [6.45, 7) is 3.89. The largest absolute Gasteiger partial charge is 0.378 e. The Kier molecular flexibility index (Phi) is 5.68. The smallest absolute Gasteiger partial charge is 0.261 e. The summed E-state index contributed by atoms with van der Waals surface area (Å²) >= 11 is 12.4. The second kappa shape index (κ2) is 8.39. The summed E-state index contributed by atoms with van der Waals surface area (Å²) in [5.74, 6) is 0.386. The van der Waals surface area contributed by atoms with Crippen molar-refractivity contribution in [1.82, 2.24) is 0 Å². The summed E-state index contributed by atoms with van der Waals surface area (Å²) < 4.78 is 29.1. The van der Waals surface area contributed by atoms with Gasteiger partial charge in [-0.3, -0.25) is 4.72 Å². The molecule has 5 rings (SSSR count). The molecule has 3 atom stereocenters. The molecule has 0 bridgehead atoms. The molecule has 0 fully saturated rings. The zero-order valence-corrected chi connectivity index (χ0v) is 20.6. The van der Waals surface area contributed by atoms with Gasteiger partial charge in [0.1, 0.15) is 0 Å². The van der Waals surface area contributed by atoms with E-state index in [1.54, 1.807) is 18.2 Å². The fraction of sp³-hybridized carbons (Fsp3) is 0.231. The molecule has 0 amide bonds. The first-order chi connectivity index (χ1) is 15.7. The van der Waals surface area contributed by atoms with Crippen LogP contribution < -0.4 is 10.0 Å². The first-order valence-corrected chi connectivity index (χ1v) is 13.1. The van der Waals surface area contributed by atoms with E-state index >= 15 is 0 Å². The Morgan fingerprint density at radius 3 is 2.55 bits per heavy atom. The lowest BCUT2D eigenvalue weighted by Gasteiger charge is -2.37. The summed E-state index contributed by atoms with van der Waals surface area (Å²) in [6, 6.07) is 16.8. The van der Waals surface area contributed by atoms with Crippen LogP contribution in [-0.4, -0.2) is 8.42 Å².